The number of aryl methyl sites for hydroxylation is 2. The lowest BCUT2D eigenvalue weighted by atomic mass is 10.0. The zero-order chi connectivity index (χ0) is 18.8. The van der Waals surface area contributed by atoms with Gasteiger partial charge >= 0.3 is 0 Å². The van der Waals surface area contributed by atoms with Gasteiger partial charge in [0.1, 0.15) is 5.76 Å². The van der Waals surface area contributed by atoms with Crippen LogP contribution in [-0.4, -0.2) is 48.2 Å². The standard InChI is InChI=1S/C20H37N5O.HI/c1-5-18-17(19(6-2)26-24-18)15-23-20(21-7-3)22-12-10-14-25-13-9-8-11-16(25)4;/h16H,5-15H2,1-4H3,(H2,21,22,23);1H. The minimum atomic E-state index is 0. The van der Waals surface area contributed by atoms with E-state index < -0.39 is 0 Å². The molecule has 0 bridgehead atoms. The summed E-state index contributed by atoms with van der Waals surface area (Å²) < 4.78 is 5.44. The Morgan fingerprint density at radius 1 is 1.22 bits per heavy atom. The lowest BCUT2D eigenvalue weighted by molar-refractivity contribution is 0.159. The molecule has 1 saturated heterocycles. The summed E-state index contributed by atoms with van der Waals surface area (Å²) >= 11 is 0. The normalized spacial score (nSPS) is 18.2. The van der Waals surface area contributed by atoms with Crippen LogP contribution in [0.1, 0.15) is 70.4 Å². The molecular weight excluding hydrogens is 453 g/mol. The first kappa shape index (κ1) is 24.2. The number of nitrogens with zero attached hydrogens (tertiary/aromatic N) is 3. The summed E-state index contributed by atoms with van der Waals surface area (Å²) in [4.78, 5) is 7.37. The van der Waals surface area contributed by atoms with Gasteiger partial charge in [-0.2, -0.15) is 0 Å². The average Bonchev–Trinajstić information content (AvgIpc) is 3.06. The first-order valence-corrected chi connectivity index (χ1v) is 10.4. The molecule has 2 N–H and O–H groups in total. The molecule has 1 aromatic rings. The van der Waals surface area contributed by atoms with Crippen molar-refractivity contribution in [3.05, 3.63) is 17.0 Å². The van der Waals surface area contributed by atoms with E-state index in [1.165, 1.54) is 32.4 Å². The summed E-state index contributed by atoms with van der Waals surface area (Å²) in [7, 11) is 0. The number of aliphatic imine (C=N–C) groups is 1. The van der Waals surface area contributed by atoms with Crippen molar-refractivity contribution in [1.29, 1.82) is 0 Å². The quantitative estimate of drug-likeness (QED) is 0.239. The lowest BCUT2D eigenvalue weighted by Crippen LogP contribution is -2.41. The van der Waals surface area contributed by atoms with E-state index in [0.29, 0.717) is 6.54 Å². The number of rotatable bonds is 9. The minimum Gasteiger partial charge on any atom is -0.361 e. The molecule has 1 aromatic heterocycles. The fraction of sp³-hybridized carbons (Fsp3) is 0.800. The molecule has 0 radical (unpaired) electrons. The Hall–Kier alpha value is -0.830. The maximum absolute atomic E-state index is 5.44. The molecule has 7 heteroatoms. The summed E-state index contributed by atoms with van der Waals surface area (Å²) in [5.74, 6) is 1.84. The smallest absolute Gasteiger partial charge is 0.191 e. The number of nitrogens with one attached hydrogen (secondary N) is 2. The highest BCUT2D eigenvalue weighted by molar-refractivity contribution is 14.0. The second-order valence-corrected chi connectivity index (χ2v) is 7.09. The summed E-state index contributed by atoms with van der Waals surface area (Å²) in [5, 5.41) is 11.0. The molecule has 156 valence electrons. The third kappa shape index (κ3) is 7.60. The fourth-order valence-electron chi connectivity index (χ4n) is 3.60. The average molecular weight is 491 g/mol. The van der Waals surface area contributed by atoms with Crippen LogP contribution in [0, 0.1) is 0 Å². The van der Waals surface area contributed by atoms with Crippen LogP contribution in [0.15, 0.2) is 9.52 Å². The molecule has 1 aliphatic rings. The molecule has 1 fully saturated rings. The van der Waals surface area contributed by atoms with E-state index in [-0.39, 0.29) is 24.0 Å². The second-order valence-electron chi connectivity index (χ2n) is 7.09. The Bertz CT molecular complexity index is 539. The van der Waals surface area contributed by atoms with Gasteiger partial charge in [-0.3, -0.25) is 0 Å². The molecule has 1 atom stereocenters. The van der Waals surface area contributed by atoms with Crippen molar-refractivity contribution in [3.8, 4) is 0 Å². The van der Waals surface area contributed by atoms with Gasteiger partial charge in [0.15, 0.2) is 5.96 Å². The lowest BCUT2D eigenvalue weighted by Gasteiger charge is -2.33. The molecule has 0 amide bonds. The summed E-state index contributed by atoms with van der Waals surface area (Å²) in [5.41, 5.74) is 2.18. The van der Waals surface area contributed by atoms with Gasteiger partial charge in [0, 0.05) is 37.7 Å². The summed E-state index contributed by atoms with van der Waals surface area (Å²) in [6.07, 6.45) is 6.95. The molecule has 0 saturated carbocycles. The van der Waals surface area contributed by atoms with Crippen LogP contribution in [0.2, 0.25) is 0 Å². The van der Waals surface area contributed by atoms with Crippen LogP contribution >= 0.6 is 24.0 Å². The van der Waals surface area contributed by atoms with Gasteiger partial charge in [-0.25, -0.2) is 4.99 Å². The van der Waals surface area contributed by atoms with E-state index in [1.54, 1.807) is 0 Å². The van der Waals surface area contributed by atoms with Crippen molar-refractivity contribution in [2.45, 2.75) is 78.8 Å². The molecule has 2 rings (SSSR count). The molecule has 0 aliphatic carbocycles. The van der Waals surface area contributed by atoms with E-state index in [4.69, 9.17) is 9.52 Å². The SMILES string of the molecule is CCNC(=NCc1c(CC)noc1CC)NCCCN1CCCCC1C.I. The monoisotopic (exact) mass is 491 g/mol. The fourth-order valence-corrected chi connectivity index (χ4v) is 3.60. The maximum Gasteiger partial charge on any atom is 0.191 e. The van der Waals surface area contributed by atoms with Gasteiger partial charge in [0.2, 0.25) is 0 Å². The Balaban J connectivity index is 0.00000364. The van der Waals surface area contributed by atoms with Crippen LogP contribution in [0.5, 0.6) is 0 Å². The largest absolute Gasteiger partial charge is 0.361 e. The summed E-state index contributed by atoms with van der Waals surface area (Å²) in [6.45, 7) is 13.5. The van der Waals surface area contributed by atoms with Gasteiger partial charge in [-0.05, 0) is 46.1 Å². The van der Waals surface area contributed by atoms with E-state index >= 15 is 0 Å². The van der Waals surface area contributed by atoms with Gasteiger partial charge in [-0.1, -0.05) is 25.4 Å². The predicted molar refractivity (Wildman–Crippen MR) is 123 cm³/mol. The predicted octanol–water partition coefficient (Wildman–Crippen LogP) is 3.74. The van der Waals surface area contributed by atoms with Gasteiger partial charge < -0.3 is 20.1 Å². The van der Waals surface area contributed by atoms with Gasteiger partial charge in [0.25, 0.3) is 0 Å². The topological polar surface area (TPSA) is 65.7 Å². The Kier molecular flexibility index (Phi) is 12.0. The van der Waals surface area contributed by atoms with Crippen LogP contribution in [0.25, 0.3) is 0 Å². The van der Waals surface area contributed by atoms with Crippen LogP contribution in [-0.2, 0) is 19.4 Å². The van der Waals surface area contributed by atoms with Gasteiger partial charge in [0.05, 0.1) is 12.2 Å². The minimum absolute atomic E-state index is 0. The van der Waals surface area contributed by atoms with Gasteiger partial charge in [-0.15, -0.1) is 24.0 Å². The van der Waals surface area contributed by atoms with Crippen LogP contribution < -0.4 is 10.6 Å². The number of hydrogen-bond acceptors (Lipinski definition) is 4. The zero-order valence-corrected chi connectivity index (χ0v) is 19.8. The second kappa shape index (κ2) is 13.4. The highest BCUT2D eigenvalue weighted by Crippen LogP contribution is 2.17. The summed E-state index contributed by atoms with van der Waals surface area (Å²) in [6, 6.07) is 0.735. The van der Waals surface area contributed by atoms with Crippen LogP contribution in [0.4, 0.5) is 0 Å². The molecule has 27 heavy (non-hydrogen) atoms. The highest BCUT2D eigenvalue weighted by Gasteiger charge is 2.17. The maximum atomic E-state index is 5.44. The number of hydrogen-bond donors (Lipinski definition) is 2. The number of halogens is 1. The molecule has 6 nitrogen and oxygen atoms in total. The number of piperidine rings is 1. The Labute approximate surface area is 181 Å². The molecule has 1 unspecified atom stereocenters. The first-order chi connectivity index (χ1) is 12.7. The molecule has 0 spiro atoms. The number of aromatic nitrogens is 1. The number of guanidine groups is 1. The molecule has 1 aliphatic heterocycles. The van der Waals surface area contributed by atoms with Crippen molar-refractivity contribution < 1.29 is 4.52 Å². The van der Waals surface area contributed by atoms with Crippen molar-refractivity contribution in [1.82, 2.24) is 20.7 Å². The van der Waals surface area contributed by atoms with Crippen molar-refractivity contribution >= 4 is 29.9 Å². The van der Waals surface area contributed by atoms with E-state index in [0.717, 1.165) is 61.4 Å². The van der Waals surface area contributed by atoms with E-state index in [9.17, 15) is 0 Å². The van der Waals surface area contributed by atoms with E-state index in [1.807, 2.05) is 0 Å². The van der Waals surface area contributed by atoms with E-state index in [2.05, 4.69) is 48.4 Å². The molecule has 0 aromatic carbocycles. The first-order valence-electron chi connectivity index (χ1n) is 10.4. The van der Waals surface area contributed by atoms with Crippen molar-refractivity contribution in [2.24, 2.45) is 4.99 Å². The molecule has 2 heterocycles. The zero-order valence-electron chi connectivity index (χ0n) is 17.5. The third-order valence-corrected chi connectivity index (χ3v) is 5.20. The van der Waals surface area contributed by atoms with Crippen molar-refractivity contribution in [2.75, 3.05) is 26.2 Å². The van der Waals surface area contributed by atoms with Crippen LogP contribution in [0.3, 0.4) is 0 Å². The Morgan fingerprint density at radius 3 is 2.70 bits per heavy atom. The van der Waals surface area contributed by atoms with Crippen molar-refractivity contribution in [3.63, 3.8) is 0 Å². The third-order valence-electron chi connectivity index (χ3n) is 5.20. The highest BCUT2D eigenvalue weighted by atomic mass is 127. The number of likely N-dealkylation sites (tertiary alicyclic amines) is 1. The molecular formula is C20H38IN5O. The Morgan fingerprint density at radius 2 is 2.04 bits per heavy atom.